The van der Waals surface area contributed by atoms with E-state index in [0.717, 1.165) is 21.4 Å². The Morgan fingerprint density at radius 2 is 2.00 bits per heavy atom. The fourth-order valence-electron chi connectivity index (χ4n) is 1.94. The second kappa shape index (κ2) is 5.20. The van der Waals surface area contributed by atoms with Gasteiger partial charge >= 0.3 is 0 Å². The molecule has 2 rings (SSSR count). The Morgan fingerprint density at radius 1 is 1.39 bits per heavy atom. The van der Waals surface area contributed by atoms with Gasteiger partial charge < -0.3 is 5.73 Å². The molecule has 0 saturated carbocycles. The topological polar surface area (TPSA) is 43.8 Å². The predicted octanol–water partition coefficient (Wildman–Crippen LogP) is 2.87. The number of nitrogens with zero attached hydrogens (tertiary/aromatic N) is 2. The number of hydrogen-bond donors (Lipinski definition) is 1. The largest absolute Gasteiger partial charge is 0.324 e. The number of rotatable bonds is 3. The molecule has 0 bridgehead atoms. The van der Waals surface area contributed by atoms with E-state index < -0.39 is 0 Å². The van der Waals surface area contributed by atoms with Crippen molar-refractivity contribution in [2.24, 2.45) is 12.8 Å². The summed E-state index contributed by atoms with van der Waals surface area (Å²) in [7, 11) is 1.89. The molecule has 2 aromatic rings. The normalized spacial score (nSPS) is 12.7. The highest BCUT2D eigenvalue weighted by atomic mass is 79.9. The van der Waals surface area contributed by atoms with Gasteiger partial charge in [-0.3, -0.25) is 4.68 Å². The van der Waals surface area contributed by atoms with E-state index in [1.165, 1.54) is 12.1 Å². The van der Waals surface area contributed by atoms with Crippen molar-refractivity contribution in [3.8, 4) is 0 Å². The molecular formula is C13H15BrFN3. The summed E-state index contributed by atoms with van der Waals surface area (Å²) in [4.78, 5) is 0. The molecule has 0 spiro atoms. The van der Waals surface area contributed by atoms with Gasteiger partial charge in [-0.25, -0.2) is 4.39 Å². The molecule has 1 aromatic carbocycles. The molecule has 0 aliphatic rings. The molecule has 96 valence electrons. The van der Waals surface area contributed by atoms with Crippen LogP contribution < -0.4 is 5.73 Å². The zero-order valence-corrected chi connectivity index (χ0v) is 11.9. The van der Waals surface area contributed by atoms with Crippen molar-refractivity contribution in [3.63, 3.8) is 0 Å². The van der Waals surface area contributed by atoms with Gasteiger partial charge in [0.1, 0.15) is 5.82 Å². The van der Waals surface area contributed by atoms with Crippen LogP contribution in [0.5, 0.6) is 0 Å². The van der Waals surface area contributed by atoms with Gasteiger partial charge in [-0.05, 0) is 40.5 Å². The van der Waals surface area contributed by atoms with E-state index in [9.17, 15) is 4.39 Å². The highest BCUT2D eigenvalue weighted by Gasteiger charge is 2.15. The molecular weight excluding hydrogens is 297 g/mol. The number of aromatic nitrogens is 2. The van der Waals surface area contributed by atoms with Gasteiger partial charge in [0.15, 0.2) is 0 Å². The number of hydrogen-bond acceptors (Lipinski definition) is 2. The molecule has 0 aliphatic heterocycles. The van der Waals surface area contributed by atoms with Crippen LogP contribution in [0.15, 0.2) is 28.7 Å². The fourth-order valence-corrected chi connectivity index (χ4v) is 2.44. The number of nitrogens with two attached hydrogens (primary N) is 1. The quantitative estimate of drug-likeness (QED) is 0.947. The predicted molar refractivity (Wildman–Crippen MR) is 72.7 cm³/mol. The fraction of sp³-hybridized carbons (Fsp3) is 0.308. The van der Waals surface area contributed by atoms with Crippen molar-refractivity contribution in [2.45, 2.75) is 19.4 Å². The van der Waals surface area contributed by atoms with E-state index in [4.69, 9.17) is 5.73 Å². The van der Waals surface area contributed by atoms with Crippen molar-refractivity contribution in [3.05, 3.63) is 51.5 Å². The van der Waals surface area contributed by atoms with Crippen LogP contribution in [0, 0.1) is 12.7 Å². The summed E-state index contributed by atoms with van der Waals surface area (Å²) in [6.07, 6.45) is 0.656. The van der Waals surface area contributed by atoms with Crippen LogP contribution in [-0.4, -0.2) is 9.78 Å². The van der Waals surface area contributed by atoms with Crippen molar-refractivity contribution in [2.75, 3.05) is 0 Å². The van der Waals surface area contributed by atoms with Gasteiger partial charge in [-0.2, -0.15) is 5.10 Å². The van der Waals surface area contributed by atoms with Crippen LogP contribution in [-0.2, 0) is 13.5 Å². The number of aryl methyl sites for hydroxylation is 2. The first-order valence-corrected chi connectivity index (χ1v) is 6.47. The molecule has 3 nitrogen and oxygen atoms in total. The van der Waals surface area contributed by atoms with E-state index in [1.807, 2.05) is 18.7 Å². The van der Waals surface area contributed by atoms with Crippen molar-refractivity contribution in [1.82, 2.24) is 9.78 Å². The Kier molecular flexibility index (Phi) is 3.82. The van der Waals surface area contributed by atoms with Gasteiger partial charge in [-0.1, -0.05) is 12.1 Å². The summed E-state index contributed by atoms with van der Waals surface area (Å²) in [5, 5.41) is 4.33. The summed E-state index contributed by atoms with van der Waals surface area (Å²) in [5.74, 6) is -0.247. The third-order valence-corrected chi connectivity index (χ3v) is 4.00. The number of halogens is 2. The minimum Gasteiger partial charge on any atom is -0.324 e. The summed E-state index contributed by atoms with van der Waals surface area (Å²) in [6.45, 7) is 1.94. The third-order valence-electron chi connectivity index (χ3n) is 2.97. The van der Waals surface area contributed by atoms with Crippen LogP contribution in [0.4, 0.5) is 4.39 Å². The first-order valence-electron chi connectivity index (χ1n) is 5.68. The van der Waals surface area contributed by atoms with Gasteiger partial charge in [-0.15, -0.1) is 0 Å². The van der Waals surface area contributed by atoms with E-state index in [-0.39, 0.29) is 11.9 Å². The van der Waals surface area contributed by atoms with Crippen molar-refractivity contribution < 1.29 is 4.39 Å². The second-order valence-electron chi connectivity index (χ2n) is 4.33. The number of benzene rings is 1. The molecule has 18 heavy (non-hydrogen) atoms. The molecule has 5 heteroatoms. The van der Waals surface area contributed by atoms with E-state index in [0.29, 0.717) is 6.42 Å². The van der Waals surface area contributed by atoms with Crippen molar-refractivity contribution >= 4 is 15.9 Å². The summed E-state index contributed by atoms with van der Waals surface area (Å²) in [5.41, 5.74) is 9.05. The summed E-state index contributed by atoms with van der Waals surface area (Å²) < 4.78 is 15.7. The smallest absolute Gasteiger partial charge is 0.123 e. The molecule has 0 saturated heterocycles. The monoisotopic (exact) mass is 311 g/mol. The second-order valence-corrected chi connectivity index (χ2v) is 5.12. The maximum atomic E-state index is 12.8. The molecule has 0 fully saturated rings. The minimum atomic E-state index is -0.247. The van der Waals surface area contributed by atoms with E-state index in [2.05, 4.69) is 21.0 Å². The zero-order valence-electron chi connectivity index (χ0n) is 10.3. The van der Waals surface area contributed by atoms with Gasteiger partial charge in [0.25, 0.3) is 0 Å². The highest BCUT2D eigenvalue weighted by molar-refractivity contribution is 9.10. The van der Waals surface area contributed by atoms with Crippen LogP contribution in [0.1, 0.15) is 23.0 Å². The Bertz CT molecular complexity index is 548. The standard InChI is InChI=1S/C13H15BrFN3/c1-8-13(14)12(18(2)17-8)7-11(16)9-3-5-10(15)6-4-9/h3-6,11H,7,16H2,1-2H3. The lowest BCUT2D eigenvalue weighted by molar-refractivity contribution is 0.618. The van der Waals surface area contributed by atoms with E-state index in [1.54, 1.807) is 12.1 Å². The average Bonchev–Trinajstić information content (AvgIpc) is 2.57. The summed E-state index contributed by atoms with van der Waals surface area (Å²) >= 11 is 3.51. The van der Waals surface area contributed by atoms with Crippen LogP contribution >= 0.6 is 15.9 Å². The molecule has 0 radical (unpaired) electrons. The Balaban J connectivity index is 2.21. The first-order chi connectivity index (χ1) is 8.49. The maximum absolute atomic E-state index is 12.8. The van der Waals surface area contributed by atoms with Crippen molar-refractivity contribution in [1.29, 1.82) is 0 Å². The third kappa shape index (κ3) is 2.62. The molecule has 1 aromatic heterocycles. The zero-order chi connectivity index (χ0) is 13.3. The molecule has 0 aliphatic carbocycles. The van der Waals surface area contributed by atoms with Crippen LogP contribution in [0.2, 0.25) is 0 Å². The van der Waals surface area contributed by atoms with Gasteiger partial charge in [0.05, 0.1) is 15.9 Å². The lowest BCUT2D eigenvalue weighted by Crippen LogP contribution is -2.15. The minimum absolute atomic E-state index is 0.170. The molecule has 1 unspecified atom stereocenters. The van der Waals surface area contributed by atoms with Gasteiger partial charge in [0, 0.05) is 19.5 Å². The van der Waals surface area contributed by atoms with Crippen LogP contribution in [0.3, 0.4) is 0 Å². The molecule has 1 heterocycles. The van der Waals surface area contributed by atoms with E-state index >= 15 is 0 Å². The van der Waals surface area contributed by atoms with Crippen LogP contribution in [0.25, 0.3) is 0 Å². The lowest BCUT2D eigenvalue weighted by Gasteiger charge is -2.12. The summed E-state index contributed by atoms with van der Waals surface area (Å²) in [6, 6.07) is 6.13. The Morgan fingerprint density at radius 3 is 2.50 bits per heavy atom. The average molecular weight is 312 g/mol. The maximum Gasteiger partial charge on any atom is 0.123 e. The lowest BCUT2D eigenvalue weighted by atomic mass is 10.0. The highest BCUT2D eigenvalue weighted by Crippen LogP contribution is 2.24. The Hall–Kier alpha value is -1.20. The Labute approximate surface area is 114 Å². The first kappa shape index (κ1) is 13.2. The molecule has 1 atom stereocenters. The SMILES string of the molecule is Cc1nn(C)c(CC(N)c2ccc(F)cc2)c1Br. The molecule has 2 N–H and O–H groups in total. The van der Waals surface area contributed by atoms with Gasteiger partial charge in [0.2, 0.25) is 0 Å². The molecule has 0 amide bonds.